The quantitative estimate of drug-likeness (QED) is 0.481. The molecule has 0 saturated heterocycles. The third-order valence-corrected chi connectivity index (χ3v) is 3.20. The minimum Gasteiger partial charge on any atom is -0.501 e. The number of rotatable bonds is 4. The third-order valence-electron chi connectivity index (χ3n) is 3.20. The van der Waals surface area contributed by atoms with Crippen molar-refractivity contribution >= 4 is 29.1 Å². The highest BCUT2D eigenvalue weighted by Gasteiger charge is 2.26. The number of carbonyl (C=O) groups excluding carboxylic acids is 2. The fourth-order valence-electron chi connectivity index (χ4n) is 2.03. The second kappa shape index (κ2) is 7.70. The lowest BCUT2D eigenvalue weighted by atomic mass is 10.2. The van der Waals surface area contributed by atoms with Gasteiger partial charge in [-0.3, -0.25) is 10.1 Å². The van der Waals surface area contributed by atoms with Gasteiger partial charge in [0.15, 0.2) is 0 Å². The summed E-state index contributed by atoms with van der Waals surface area (Å²) in [5.41, 5.74) is 6.41. The maximum atomic E-state index is 12.5. The van der Waals surface area contributed by atoms with Gasteiger partial charge in [0, 0.05) is 11.8 Å². The summed E-state index contributed by atoms with van der Waals surface area (Å²) in [5, 5.41) is 24.0. The molecular formula is C15H15N5O6. The van der Waals surface area contributed by atoms with Crippen molar-refractivity contribution in [3.8, 4) is 11.5 Å². The molecule has 0 fully saturated rings. The van der Waals surface area contributed by atoms with E-state index in [1.807, 2.05) is 5.43 Å². The lowest BCUT2D eigenvalue weighted by Crippen LogP contribution is -2.50. The van der Waals surface area contributed by atoms with Crippen molar-refractivity contribution in [1.82, 2.24) is 5.43 Å². The van der Waals surface area contributed by atoms with Gasteiger partial charge in [0.05, 0.1) is 12.0 Å². The van der Waals surface area contributed by atoms with Gasteiger partial charge in [-0.25, -0.2) is 15.0 Å². The van der Waals surface area contributed by atoms with Crippen molar-refractivity contribution in [2.24, 2.45) is 5.73 Å². The number of nitro benzene ring substituents is 1. The van der Waals surface area contributed by atoms with E-state index in [9.17, 15) is 24.8 Å². The maximum Gasteiger partial charge on any atom is 0.345 e. The summed E-state index contributed by atoms with van der Waals surface area (Å²) in [6.07, 6.45) is 0. The number of ether oxygens (including phenoxy) is 1. The number of nitrogens with one attached hydrogen (secondary N) is 2. The first-order valence-corrected chi connectivity index (χ1v) is 7.11. The van der Waals surface area contributed by atoms with Gasteiger partial charge in [-0.2, -0.15) is 5.01 Å². The first-order valence-electron chi connectivity index (χ1n) is 7.11. The molecule has 0 aliphatic heterocycles. The maximum absolute atomic E-state index is 12.5. The Kier molecular flexibility index (Phi) is 5.43. The molecule has 0 radical (unpaired) electrons. The molecule has 0 saturated carbocycles. The van der Waals surface area contributed by atoms with Gasteiger partial charge in [0.25, 0.3) is 0 Å². The van der Waals surface area contributed by atoms with Gasteiger partial charge in [0.1, 0.15) is 11.4 Å². The number of anilines is 2. The molecule has 2 aromatic carbocycles. The summed E-state index contributed by atoms with van der Waals surface area (Å²) in [4.78, 5) is 33.8. The van der Waals surface area contributed by atoms with Gasteiger partial charge in [-0.1, -0.05) is 6.07 Å². The van der Waals surface area contributed by atoms with Crippen molar-refractivity contribution in [1.29, 1.82) is 0 Å². The number of hydrogen-bond acceptors (Lipinski definition) is 6. The number of para-hydroxylation sites is 1. The number of carbonyl (C=O) groups is 2. The van der Waals surface area contributed by atoms with Crippen molar-refractivity contribution in [2.45, 2.75) is 0 Å². The Balaban J connectivity index is 2.34. The molecule has 11 nitrogen and oxygen atoms in total. The van der Waals surface area contributed by atoms with Crippen LogP contribution in [0.1, 0.15) is 0 Å². The van der Waals surface area contributed by atoms with Crippen LogP contribution in [0.4, 0.5) is 26.7 Å². The Labute approximate surface area is 147 Å². The number of hydrogen-bond donors (Lipinski definition) is 4. The van der Waals surface area contributed by atoms with Gasteiger partial charge in [-0.15, -0.1) is 0 Å². The molecule has 136 valence electrons. The molecule has 0 aromatic heterocycles. The second-order valence-electron chi connectivity index (χ2n) is 4.87. The van der Waals surface area contributed by atoms with E-state index in [2.05, 4.69) is 5.32 Å². The van der Waals surface area contributed by atoms with E-state index >= 15 is 0 Å². The number of aromatic hydroxyl groups is 1. The van der Waals surface area contributed by atoms with Crippen LogP contribution < -0.4 is 26.2 Å². The van der Waals surface area contributed by atoms with Crippen LogP contribution in [0.5, 0.6) is 11.5 Å². The van der Waals surface area contributed by atoms with E-state index in [-0.39, 0.29) is 5.69 Å². The smallest absolute Gasteiger partial charge is 0.345 e. The number of hydrazine groups is 1. The molecule has 2 aromatic rings. The predicted octanol–water partition coefficient (Wildman–Crippen LogP) is 1.93. The molecule has 0 aliphatic rings. The van der Waals surface area contributed by atoms with E-state index in [4.69, 9.17) is 10.5 Å². The number of amides is 4. The fraction of sp³-hybridized carbons (Fsp3) is 0.0667. The first kappa shape index (κ1) is 18.3. The van der Waals surface area contributed by atoms with Crippen LogP contribution in [0.15, 0.2) is 42.5 Å². The molecule has 2 rings (SSSR count). The van der Waals surface area contributed by atoms with Crippen LogP contribution in [0.25, 0.3) is 0 Å². The van der Waals surface area contributed by atoms with E-state index in [0.29, 0.717) is 16.4 Å². The molecule has 5 N–H and O–H groups in total. The topological polar surface area (TPSA) is 160 Å². The first-order chi connectivity index (χ1) is 12.3. The van der Waals surface area contributed by atoms with Crippen LogP contribution >= 0.6 is 0 Å². The molecule has 4 amide bonds. The molecule has 26 heavy (non-hydrogen) atoms. The molecule has 0 atom stereocenters. The lowest BCUT2D eigenvalue weighted by Gasteiger charge is -2.23. The number of methoxy groups -OCH3 is 1. The summed E-state index contributed by atoms with van der Waals surface area (Å²) >= 11 is 0. The third kappa shape index (κ3) is 4.08. The summed E-state index contributed by atoms with van der Waals surface area (Å²) in [6, 6.07) is 7.71. The molecular weight excluding hydrogens is 346 g/mol. The zero-order chi connectivity index (χ0) is 19.3. The number of primary amides is 1. The van der Waals surface area contributed by atoms with Crippen LogP contribution in [-0.4, -0.2) is 29.2 Å². The molecule has 0 spiro atoms. The summed E-state index contributed by atoms with van der Waals surface area (Å²) in [5.74, 6) is -0.248. The number of phenolic OH excluding ortho intramolecular Hbond substituents is 1. The average molecular weight is 361 g/mol. The molecule has 0 bridgehead atoms. The Hall–Kier alpha value is -4.02. The SMILES string of the molecule is COc1ccc(NC(=O)N(NC(N)=O)c2cccc([N+](=O)[O-])c2O)cc1. The Morgan fingerprint density at radius 1 is 1.23 bits per heavy atom. The number of urea groups is 2. The largest absolute Gasteiger partial charge is 0.501 e. The zero-order valence-corrected chi connectivity index (χ0v) is 13.5. The number of phenols is 1. The van der Waals surface area contributed by atoms with Crippen molar-refractivity contribution in [3.05, 3.63) is 52.6 Å². The summed E-state index contributed by atoms with van der Waals surface area (Å²) in [7, 11) is 1.48. The standard InChI is InChI=1S/C15H15N5O6/c1-26-10-7-5-9(6-8-10)17-15(23)19(18-14(16)22)11-3-2-4-12(13(11)21)20(24)25/h2-8,21H,1H3,(H,17,23)(H3,16,18,22). The van der Waals surface area contributed by atoms with Crippen LogP contribution in [-0.2, 0) is 0 Å². The van der Waals surface area contributed by atoms with Crippen LogP contribution in [0.2, 0.25) is 0 Å². The number of nitrogens with two attached hydrogens (primary N) is 1. The van der Waals surface area contributed by atoms with Gasteiger partial charge < -0.3 is 20.9 Å². The fourth-order valence-corrected chi connectivity index (χ4v) is 2.03. The van der Waals surface area contributed by atoms with Gasteiger partial charge in [0.2, 0.25) is 5.75 Å². The Morgan fingerprint density at radius 2 is 1.88 bits per heavy atom. The zero-order valence-electron chi connectivity index (χ0n) is 13.5. The molecule has 0 unspecified atom stereocenters. The Bertz CT molecular complexity index is 839. The van der Waals surface area contributed by atoms with Crippen molar-refractivity contribution in [2.75, 3.05) is 17.4 Å². The number of nitro groups is 1. The highest BCUT2D eigenvalue weighted by atomic mass is 16.6. The van der Waals surface area contributed by atoms with Crippen molar-refractivity contribution in [3.63, 3.8) is 0 Å². The van der Waals surface area contributed by atoms with Crippen LogP contribution in [0, 0.1) is 10.1 Å². The molecule has 11 heteroatoms. The molecule has 0 aliphatic carbocycles. The summed E-state index contributed by atoms with van der Waals surface area (Å²) < 4.78 is 5.00. The van der Waals surface area contributed by atoms with E-state index in [0.717, 1.165) is 6.07 Å². The highest BCUT2D eigenvalue weighted by Crippen LogP contribution is 2.35. The van der Waals surface area contributed by atoms with Gasteiger partial charge in [-0.05, 0) is 30.3 Å². The van der Waals surface area contributed by atoms with Crippen LogP contribution in [0.3, 0.4) is 0 Å². The molecule has 0 heterocycles. The van der Waals surface area contributed by atoms with E-state index in [1.165, 1.54) is 31.4 Å². The van der Waals surface area contributed by atoms with E-state index in [1.54, 1.807) is 12.1 Å². The minimum absolute atomic E-state index is 0.330. The number of nitrogens with zero attached hydrogens (tertiary/aromatic N) is 2. The van der Waals surface area contributed by atoms with E-state index < -0.39 is 28.4 Å². The highest BCUT2D eigenvalue weighted by molar-refractivity contribution is 6.04. The monoisotopic (exact) mass is 361 g/mol. The summed E-state index contributed by atoms with van der Waals surface area (Å²) in [6.45, 7) is 0. The average Bonchev–Trinajstić information content (AvgIpc) is 2.60. The second-order valence-corrected chi connectivity index (χ2v) is 4.87. The lowest BCUT2D eigenvalue weighted by molar-refractivity contribution is -0.385. The minimum atomic E-state index is -1.11. The normalized spacial score (nSPS) is 9.88. The van der Waals surface area contributed by atoms with Crippen molar-refractivity contribution < 1.29 is 24.4 Å². The van der Waals surface area contributed by atoms with Gasteiger partial charge >= 0.3 is 17.7 Å². The predicted molar refractivity (Wildman–Crippen MR) is 92.0 cm³/mol. The number of benzene rings is 2. The Morgan fingerprint density at radius 3 is 2.42 bits per heavy atom.